The Balaban J connectivity index is 1.93. The lowest BCUT2D eigenvalue weighted by atomic mass is 9.98. The van der Waals surface area contributed by atoms with Gasteiger partial charge in [-0.05, 0) is 43.9 Å². The van der Waals surface area contributed by atoms with E-state index >= 15 is 0 Å². The minimum absolute atomic E-state index is 0.160. The van der Waals surface area contributed by atoms with E-state index in [-0.39, 0.29) is 11.5 Å². The molecule has 0 unspecified atom stereocenters. The topological polar surface area (TPSA) is 97.6 Å². The molecule has 0 heterocycles. The molecule has 1 aliphatic carbocycles. The highest BCUT2D eigenvalue weighted by atomic mass is 16.5. The Bertz CT molecular complexity index is 678. The van der Waals surface area contributed by atoms with Gasteiger partial charge in [-0.1, -0.05) is 0 Å². The van der Waals surface area contributed by atoms with Crippen LogP contribution in [0.2, 0.25) is 0 Å². The molecule has 1 aromatic rings. The third kappa shape index (κ3) is 3.96. The Hall–Kier alpha value is -2.75. The van der Waals surface area contributed by atoms with Crippen molar-refractivity contribution in [1.29, 1.82) is 5.26 Å². The number of nitrogens with zero attached hydrogens (tertiary/aromatic N) is 1. The zero-order valence-electron chi connectivity index (χ0n) is 13.9. The zero-order valence-corrected chi connectivity index (χ0v) is 13.9. The first kappa shape index (κ1) is 17.6. The van der Waals surface area contributed by atoms with Crippen LogP contribution in [0.3, 0.4) is 0 Å². The van der Waals surface area contributed by atoms with Crippen molar-refractivity contribution in [2.45, 2.75) is 25.3 Å². The molecular weight excluding hydrogens is 312 g/mol. The number of hydrogen-bond donors (Lipinski definition) is 1. The molecule has 7 nitrogen and oxygen atoms in total. The van der Waals surface area contributed by atoms with Crippen molar-refractivity contribution in [3.63, 3.8) is 0 Å². The van der Waals surface area contributed by atoms with Gasteiger partial charge in [0.15, 0.2) is 18.1 Å². The number of methoxy groups -OCH3 is 2. The summed E-state index contributed by atoms with van der Waals surface area (Å²) in [6.45, 7) is 1.23. The predicted octanol–water partition coefficient (Wildman–Crippen LogP) is 1.67. The molecule has 1 amide bonds. The summed E-state index contributed by atoms with van der Waals surface area (Å²) in [5.41, 5.74) is -0.669. The minimum atomic E-state index is -0.910. The summed E-state index contributed by atoms with van der Waals surface area (Å²) in [6, 6.07) is 6.69. The number of nitriles is 1. The Morgan fingerprint density at radius 2 is 1.96 bits per heavy atom. The van der Waals surface area contributed by atoms with Gasteiger partial charge in [-0.25, -0.2) is 4.79 Å². The van der Waals surface area contributed by atoms with E-state index in [2.05, 4.69) is 11.4 Å². The normalized spacial score (nSPS) is 15.6. The number of benzene rings is 1. The average molecular weight is 332 g/mol. The van der Waals surface area contributed by atoms with E-state index in [4.69, 9.17) is 14.2 Å². The van der Waals surface area contributed by atoms with Gasteiger partial charge < -0.3 is 19.5 Å². The number of amides is 1. The standard InChI is InChI=1S/C17H20N2O5/c1-17(10-18,12-5-6-12)19-15(20)9-24-16(21)11-4-7-13(22-2)14(8-11)23-3/h4,7-8,12H,5-6,9H2,1-3H3,(H,19,20)/t17-/m0/s1. The van der Waals surface area contributed by atoms with Gasteiger partial charge in [-0.3, -0.25) is 4.79 Å². The van der Waals surface area contributed by atoms with Gasteiger partial charge in [0, 0.05) is 0 Å². The molecule has 0 saturated heterocycles. The predicted molar refractivity (Wildman–Crippen MR) is 84.7 cm³/mol. The number of hydrogen-bond acceptors (Lipinski definition) is 6. The molecule has 0 aromatic heterocycles. The van der Waals surface area contributed by atoms with Crippen molar-refractivity contribution >= 4 is 11.9 Å². The van der Waals surface area contributed by atoms with E-state index in [1.165, 1.54) is 26.4 Å². The molecule has 2 rings (SSSR count). The fraction of sp³-hybridized carbons (Fsp3) is 0.471. The molecule has 24 heavy (non-hydrogen) atoms. The lowest BCUT2D eigenvalue weighted by Gasteiger charge is -2.22. The third-order valence-corrected chi connectivity index (χ3v) is 3.98. The summed E-state index contributed by atoms with van der Waals surface area (Å²) >= 11 is 0. The zero-order chi connectivity index (χ0) is 17.7. The SMILES string of the molecule is COc1ccc(C(=O)OCC(=O)N[C@@](C)(C#N)C2CC2)cc1OC. The Morgan fingerprint density at radius 3 is 2.50 bits per heavy atom. The summed E-state index contributed by atoms with van der Waals surface area (Å²) in [5, 5.41) is 11.8. The lowest BCUT2D eigenvalue weighted by molar-refractivity contribution is -0.125. The molecule has 1 fully saturated rings. The largest absolute Gasteiger partial charge is 0.493 e. The van der Waals surface area contributed by atoms with Crippen molar-refractivity contribution in [1.82, 2.24) is 5.32 Å². The molecule has 0 spiro atoms. The lowest BCUT2D eigenvalue weighted by Crippen LogP contribution is -2.48. The fourth-order valence-corrected chi connectivity index (χ4v) is 2.39. The third-order valence-electron chi connectivity index (χ3n) is 3.98. The van der Waals surface area contributed by atoms with Crippen LogP contribution in [0.4, 0.5) is 0 Å². The quantitative estimate of drug-likeness (QED) is 0.763. The highest BCUT2D eigenvalue weighted by Gasteiger charge is 2.43. The number of nitrogens with one attached hydrogen (secondary N) is 1. The molecule has 0 radical (unpaired) electrons. The van der Waals surface area contributed by atoms with E-state index in [1.807, 2.05) is 0 Å². The maximum atomic E-state index is 12.0. The first-order chi connectivity index (χ1) is 11.4. The second kappa shape index (κ2) is 7.21. The fourth-order valence-electron chi connectivity index (χ4n) is 2.39. The minimum Gasteiger partial charge on any atom is -0.493 e. The first-order valence-corrected chi connectivity index (χ1v) is 7.55. The van der Waals surface area contributed by atoms with Crippen LogP contribution in [-0.4, -0.2) is 38.2 Å². The molecule has 1 atom stereocenters. The summed E-state index contributed by atoms with van der Waals surface area (Å²) in [4.78, 5) is 24.0. The van der Waals surface area contributed by atoms with Gasteiger partial charge in [0.25, 0.3) is 5.91 Å². The Labute approximate surface area is 140 Å². The monoisotopic (exact) mass is 332 g/mol. The number of esters is 1. The first-order valence-electron chi connectivity index (χ1n) is 7.55. The van der Waals surface area contributed by atoms with Crippen molar-refractivity contribution in [3.8, 4) is 17.6 Å². The van der Waals surface area contributed by atoms with E-state index in [9.17, 15) is 14.9 Å². The van der Waals surface area contributed by atoms with Crippen molar-refractivity contribution in [3.05, 3.63) is 23.8 Å². The molecule has 0 bridgehead atoms. The van der Waals surface area contributed by atoms with Crippen molar-refractivity contribution in [2.75, 3.05) is 20.8 Å². The van der Waals surface area contributed by atoms with Gasteiger partial charge in [-0.15, -0.1) is 0 Å². The van der Waals surface area contributed by atoms with Gasteiger partial charge in [-0.2, -0.15) is 5.26 Å². The van der Waals surface area contributed by atoms with E-state index in [0.717, 1.165) is 12.8 Å². The molecule has 1 saturated carbocycles. The van der Waals surface area contributed by atoms with Crippen LogP contribution in [0.25, 0.3) is 0 Å². The smallest absolute Gasteiger partial charge is 0.338 e. The molecule has 1 aromatic carbocycles. The van der Waals surface area contributed by atoms with Gasteiger partial charge in [0.1, 0.15) is 5.54 Å². The van der Waals surface area contributed by atoms with Crippen molar-refractivity contribution in [2.24, 2.45) is 5.92 Å². The highest BCUT2D eigenvalue weighted by Crippen LogP contribution is 2.39. The van der Waals surface area contributed by atoms with E-state index < -0.39 is 24.0 Å². The number of carbonyl (C=O) groups is 2. The molecular formula is C17H20N2O5. The van der Waals surface area contributed by atoms with Crippen molar-refractivity contribution < 1.29 is 23.8 Å². The van der Waals surface area contributed by atoms with Gasteiger partial charge in [0.2, 0.25) is 0 Å². The summed E-state index contributed by atoms with van der Waals surface area (Å²) in [7, 11) is 2.95. The molecule has 128 valence electrons. The van der Waals surface area contributed by atoms with Crippen LogP contribution in [0.5, 0.6) is 11.5 Å². The van der Waals surface area contributed by atoms with Crippen LogP contribution in [-0.2, 0) is 9.53 Å². The van der Waals surface area contributed by atoms with Crippen LogP contribution in [0.15, 0.2) is 18.2 Å². The Morgan fingerprint density at radius 1 is 1.29 bits per heavy atom. The molecule has 7 heteroatoms. The van der Waals surface area contributed by atoms with Crippen LogP contribution >= 0.6 is 0 Å². The van der Waals surface area contributed by atoms with Crippen LogP contribution in [0.1, 0.15) is 30.1 Å². The van der Waals surface area contributed by atoms with Crippen LogP contribution in [0, 0.1) is 17.2 Å². The van der Waals surface area contributed by atoms with E-state index in [1.54, 1.807) is 13.0 Å². The molecule has 1 aliphatic rings. The number of rotatable bonds is 7. The number of ether oxygens (including phenoxy) is 3. The van der Waals surface area contributed by atoms with Gasteiger partial charge in [0.05, 0.1) is 25.9 Å². The average Bonchev–Trinajstić information content (AvgIpc) is 3.44. The number of carbonyl (C=O) groups excluding carboxylic acids is 2. The second-order valence-electron chi connectivity index (χ2n) is 5.78. The summed E-state index contributed by atoms with van der Waals surface area (Å²) < 4.78 is 15.2. The summed E-state index contributed by atoms with van der Waals surface area (Å²) in [6.07, 6.45) is 1.82. The van der Waals surface area contributed by atoms with Crippen LogP contribution < -0.4 is 14.8 Å². The second-order valence-corrected chi connectivity index (χ2v) is 5.78. The maximum absolute atomic E-state index is 12.0. The highest BCUT2D eigenvalue weighted by molar-refractivity contribution is 5.92. The van der Waals surface area contributed by atoms with E-state index in [0.29, 0.717) is 11.5 Å². The van der Waals surface area contributed by atoms with Gasteiger partial charge >= 0.3 is 5.97 Å². The summed E-state index contributed by atoms with van der Waals surface area (Å²) in [5.74, 6) is -0.118. The maximum Gasteiger partial charge on any atom is 0.338 e. The molecule has 1 N–H and O–H groups in total. The molecule has 0 aliphatic heterocycles. The Kier molecular flexibility index (Phi) is 5.29.